The zero-order valence-corrected chi connectivity index (χ0v) is 13.7. The Balaban J connectivity index is 1.70. The van der Waals surface area contributed by atoms with Crippen LogP contribution in [0.25, 0.3) is 0 Å². The summed E-state index contributed by atoms with van der Waals surface area (Å²) in [7, 11) is 1.58. The van der Waals surface area contributed by atoms with E-state index < -0.39 is 12.1 Å². The Kier molecular flexibility index (Phi) is 6.34. The van der Waals surface area contributed by atoms with Crippen molar-refractivity contribution in [1.29, 1.82) is 0 Å². The fourth-order valence-corrected chi connectivity index (χ4v) is 2.95. The first kappa shape index (κ1) is 18.4. The Morgan fingerprint density at radius 1 is 1.25 bits per heavy atom. The van der Waals surface area contributed by atoms with Gasteiger partial charge in [0.15, 0.2) is 0 Å². The van der Waals surface area contributed by atoms with Crippen LogP contribution in [0.3, 0.4) is 0 Å². The predicted molar refractivity (Wildman–Crippen MR) is 86.0 cm³/mol. The standard InChI is InChI=1S/C17H23F3N2O2/c1-24-15-7-5-13(6-8-15)21-10-9-16(23)22-14-4-2-3-12(11-14)17(18,19)20/h5-8,12,14,21H,2-4,9-11H2,1H3,(H,22,23)/t12-,14+/m1/s1. The zero-order valence-electron chi connectivity index (χ0n) is 13.7. The molecule has 1 amide bonds. The number of carbonyl (C=O) groups is 1. The maximum Gasteiger partial charge on any atom is 0.391 e. The number of hydrogen-bond acceptors (Lipinski definition) is 3. The van der Waals surface area contributed by atoms with E-state index in [1.54, 1.807) is 7.11 Å². The molecule has 0 spiro atoms. The number of anilines is 1. The van der Waals surface area contributed by atoms with Crippen LogP contribution < -0.4 is 15.4 Å². The highest BCUT2D eigenvalue weighted by molar-refractivity contribution is 5.76. The quantitative estimate of drug-likeness (QED) is 0.827. The van der Waals surface area contributed by atoms with Gasteiger partial charge in [-0.2, -0.15) is 13.2 Å². The highest BCUT2D eigenvalue weighted by Crippen LogP contribution is 2.37. The molecule has 0 heterocycles. The average Bonchev–Trinajstić information content (AvgIpc) is 2.55. The number of alkyl halides is 3. The molecular formula is C17H23F3N2O2. The minimum Gasteiger partial charge on any atom is -0.497 e. The number of rotatable bonds is 6. The molecule has 1 aromatic carbocycles. The zero-order chi connectivity index (χ0) is 17.6. The van der Waals surface area contributed by atoms with Crippen LogP contribution in [-0.4, -0.2) is 31.8 Å². The van der Waals surface area contributed by atoms with Gasteiger partial charge in [-0.05, 0) is 43.5 Å². The molecule has 2 atom stereocenters. The van der Waals surface area contributed by atoms with Crippen LogP contribution in [0.5, 0.6) is 5.75 Å². The third-order valence-electron chi connectivity index (χ3n) is 4.27. The van der Waals surface area contributed by atoms with Crippen LogP contribution in [-0.2, 0) is 4.79 Å². The number of amides is 1. The predicted octanol–water partition coefficient (Wildman–Crippen LogP) is 3.73. The molecule has 1 aliphatic rings. The first-order chi connectivity index (χ1) is 11.4. The van der Waals surface area contributed by atoms with Gasteiger partial charge in [-0.25, -0.2) is 0 Å². The van der Waals surface area contributed by atoms with Crippen molar-refractivity contribution in [2.75, 3.05) is 19.0 Å². The summed E-state index contributed by atoms with van der Waals surface area (Å²) in [4.78, 5) is 11.9. The highest BCUT2D eigenvalue weighted by atomic mass is 19.4. The van der Waals surface area contributed by atoms with Crippen LogP contribution in [0.4, 0.5) is 18.9 Å². The second kappa shape index (κ2) is 8.26. The fourth-order valence-electron chi connectivity index (χ4n) is 2.95. The van der Waals surface area contributed by atoms with Gasteiger partial charge in [0.05, 0.1) is 13.0 Å². The molecular weight excluding hydrogens is 321 g/mol. The Bertz CT molecular complexity index is 532. The summed E-state index contributed by atoms with van der Waals surface area (Å²) >= 11 is 0. The van der Waals surface area contributed by atoms with E-state index in [9.17, 15) is 18.0 Å². The maximum absolute atomic E-state index is 12.8. The number of nitrogens with one attached hydrogen (secondary N) is 2. The van der Waals surface area contributed by atoms with Crippen molar-refractivity contribution in [2.24, 2.45) is 5.92 Å². The van der Waals surface area contributed by atoms with Gasteiger partial charge >= 0.3 is 6.18 Å². The molecule has 0 aliphatic heterocycles. The minimum atomic E-state index is -4.17. The van der Waals surface area contributed by atoms with Crippen molar-refractivity contribution in [2.45, 2.75) is 44.3 Å². The molecule has 0 unspecified atom stereocenters. The van der Waals surface area contributed by atoms with Crippen LogP contribution in [0.1, 0.15) is 32.1 Å². The van der Waals surface area contributed by atoms with E-state index in [2.05, 4.69) is 10.6 Å². The van der Waals surface area contributed by atoms with Crippen molar-refractivity contribution in [3.8, 4) is 5.75 Å². The van der Waals surface area contributed by atoms with Gasteiger partial charge in [0.25, 0.3) is 0 Å². The molecule has 2 N–H and O–H groups in total. The van der Waals surface area contributed by atoms with E-state index >= 15 is 0 Å². The third-order valence-corrected chi connectivity index (χ3v) is 4.27. The lowest BCUT2D eigenvalue weighted by Gasteiger charge is -2.31. The first-order valence-corrected chi connectivity index (χ1v) is 8.12. The topological polar surface area (TPSA) is 50.4 Å². The largest absolute Gasteiger partial charge is 0.497 e. The summed E-state index contributed by atoms with van der Waals surface area (Å²) < 4.78 is 43.4. The van der Waals surface area contributed by atoms with E-state index in [0.717, 1.165) is 11.4 Å². The molecule has 0 bridgehead atoms. The van der Waals surface area contributed by atoms with Gasteiger partial charge < -0.3 is 15.4 Å². The van der Waals surface area contributed by atoms with E-state index in [1.165, 1.54) is 0 Å². The van der Waals surface area contributed by atoms with E-state index in [4.69, 9.17) is 4.74 Å². The van der Waals surface area contributed by atoms with Gasteiger partial charge in [0.1, 0.15) is 5.75 Å². The SMILES string of the molecule is COc1ccc(NCCC(=O)N[C@H]2CCC[C@@H](C(F)(F)F)C2)cc1. The van der Waals surface area contributed by atoms with E-state index in [0.29, 0.717) is 19.4 Å². The van der Waals surface area contributed by atoms with Crippen molar-refractivity contribution in [3.05, 3.63) is 24.3 Å². The Morgan fingerprint density at radius 3 is 2.58 bits per heavy atom. The van der Waals surface area contributed by atoms with Crippen LogP contribution in [0.15, 0.2) is 24.3 Å². The van der Waals surface area contributed by atoms with Crippen molar-refractivity contribution in [3.63, 3.8) is 0 Å². The summed E-state index contributed by atoms with van der Waals surface area (Å²) in [5, 5.41) is 5.83. The number of hydrogen-bond donors (Lipinski definition) is 2. The Labute approximate surface area is 139 Å². The molecule has 2 rings (SSSR count). The van der Waals surface area contributed by atoms with Gasteiger partial charge in [-0.15, -0.1) is 0 Å². The average molecular weight is 344 g/mol. The van der Waals surface area contributed by atoms with Gasteiger partial charge in [-0.1, -0.05) is 6.42 Å². The third kappa shape index (κ3) is 5.62. The molecule has 7 heteroatoms. The molecule has 1 saturated carbocycles. The van der Waals surface area contributed by atoms with Crippen LogP contribution >= 0.6 is 0 Å². The highest BCUT2D eigenvalue weighted by Gasteiger charge is 2.42. The van der Waals surface area contributed by atoms with Gasteiger partial charge in [-0.3, -0.25) is 4.79 Å². The van der Waals surface area contributed by atoms with Crippen molar-refractivity contribution < 1.29 is 22.7 Å². The normalized spacial score (nSPS) is 21.2. The molecule has 134 valence electrons. The fraction of sp³-hybridized carbons (Fsp3) is 0.588. The molecule has 0 radical (unpaired) electrons. The molecule has 1 aliphatic carbocycles. The maximum atomic E-state index is 12.8. The first-order valence-electron chi connectivity index (χ1n) is 8.12. The second-order valence-electron chi connectivity index (χ2n) is 6.07. The number of carbonyl (C=O) groups excluding carboxylic acids is 1. The number of ether oxygens (including phenoxy) is 1. The monoisotopic (exact) mass is 344 g/mol. The lowest BCUT2D eigenvalue weighted by Crippen LogP contribution is -2.41. The lowest BCUT2D eigenvalue weighted by atomic mass is 9.85. The smallest absolute Gasteiger partial charge is 0.391 e. The molecule has 24 heavy (non-hydrogen) atoms. The van der Waals surface area contributed by atoms with Crippen molar-refractivity contribution in [1.82, 2.24) is 5.32 Å². The number of methoxy groups -OCH3 is 1. The summed E-state index contributed by atoms with van der Waals surface area (Å²) in [5.41, 5.74) is 0.860. The molecule has 4 nitrogen and oxygen atoms in total. The summed E-state index contributed by atoms with van der Waals surface area (Å²) in [6.45, 7) is 0.424. The molecule has 1 fully saturated rings. The van der Waals surface area contributed by atoms with Crippen LogP contribution in [0, 0.1) is 5.92 Å². The number of benzene rings is 1. The van der Waals surface area contributed by atoms with Gasteiger partial charge in [0.2, 0.25) is 5.91 Å². The lowest BCUT2D eigenvalue weighted by molar-refractivity contribution is -0.184. The molecule has 0 aromatic heterocycles. The number of halogens is 3. The van der Waals surface area contributed by atoms with Crippen LogP contribution in [0.2, 0.25) is 0 Å². The summed E-state index contributed by atoms with van der Waals surface area (Å²) in [5.74, 6) is -0.771. The molecule has 0 saturated heterocycles. The minimum absolute atomic E-state index is 0.0127. The van der Waals surface area contributed by atoms with E-state index in [1.807, 2.05) is 24.3 Å². The summed E-state index contributed by atoms with van der Waals surface area (Å²) in [6, 6.07) is 6.92. The second-order valence-corrected chi connectivity index (χ2v) is 6.07. The van der Waals surface area contributed by atoms with E-state index in [-0.39, 0.29) is 31.2 Å². The van der Waals surface area contributed by atoms with Crippen molar-refractivity contribution >= 4 is 11.6 Å². The summed E-state index contributed by atoms with van der Waals surface area (Å²) in [6.07, 6.45) is -2.68. The van der Waals surface area contributed by atoms with Gasteiger partial charge in [0, 0.05) is 24.7 Å². The Hall–Kier alpha value is -1.92. The molecule has 1 aromatic rings. The Morgan fingerprint density at radius 2 is 1.96 bits per heavy atom.